The summed E-state index contributed by atoms with van der Waals surface area (Å²) in [5.74, 6) is -2.42. The van der Waals surface area contributed by atoms with Gasteiger partial charge in [0.2, 0.25) is 11.8 Å². The quantitative estimate of drug-likeness (QED) is 0.138. The van der Waals surface area contributed by atoms with E-state index in [0.717, 1.165) is 24.3 Å². The maximum atomic E-state index is 13.0. The van der Waals surface area contributed by atoms with E-state index in [2.05, 4.69) is 21.3 Å². The Kier molecular flexibility index (Phi) is 10.6. The first kappa shape index (κ1) is 35.6. The fourth-order valence-electron chi connectivity index (χ4n) is 5.47. The van der Waals surface area contributed by atoms with Crippen LogP contribution in [0.2, 0.25) is 0 Å². The highest BCUT2D eigenvalue weighted by Crippen LogP contribution is 2.33. The van der Waals surface area contributed by atoms with E-state index in [1.807, 2.05) is 0 Å². The number of amides is 4. The molecule has 50 heavy (non-hydrogen) atoms. The van der Waals surface area contributed by atoms with Crippen molar-refractivity contribution < 1.29 is 45.5 Å². The van der Waals surface area contributed by atoms with Crippen molar-refractivity contribution in [1.29, 1.82) is 0 Å². The Labute approximate surface area is 282 Å². The minimum Gasteiger partial charge on any atom is -0.326 e. The van der Waals surface area contributed by atoms with E-state index in [0.29, 0.717) is 37.1 Å². The summed E-state index contributed by atoms with van der Waals surface area (Å²) in [6, 6.07) is 20.4. The number of hydrogen-bond acceptors (Lipinski definition) is 4. The molecule has 4 aromatic rings. The van der Waals surface area contributed by atoms with Gasteiger partial charge in [-0.25, -0.2) is 0 Å². The monoisotopic (exact) mass is 696 g/mol. The summed E-state index contributed by atoms with van der Waals surface area (Å²) in [5, 5.41) is 10.4. The van der Waals surface area contributed by atoms with Gasteiger partial charge in [-0.3, -0.25) is 19.2 Å². The fraction of sp³-hybridized carbons (Fsp3) is 0.222. The first-order valence-corrected chi connectivity index (χ1v) is 15.4. The van der Waals surface area contributed by atoms with Crippen LogP contribution in [0.4, 0.5) is 49.1 Å². The predicted molar refractivity (Wildman–Crippen MR) is 174 cm³/mol. The molecule has 0 aromatic heterocycles. The van der Waals surface area contributed by atoms with E-state index in [1.165, 1.54) is 72.8 Å². The number of carbonyl (C=O) groups excluding carboxylic acids is 4. The van der Waals surface area contributed by atoms with Gasteiger partial charge in [-0.05, 0) is 111 Å². The fourth-order valence-corrected chi connectivity index (χ4v) is 5.47. The maximum Gasteiger partial charge on any atom is 0.416 e. The normalized spacial score (nSPS) is 16.2. The lowest BCUT2D eigenvalue weighted by Crippen LogP contribution is -2.32. The molecule has 4 N–H and O–H groups in total. The molecule has 0 saturated heterocycles. The first-order chi connectivity index (χ1) is 23.7. The molecular formula is C36H30F6N4O4. The highest BCUT2D eigenvalue weighted by molar-refractivity contribution is 6.05. The van der Waals surface area contributed by atoms with E-state index < -0.39 is 35.3 Å². The molecule has 0 unspecified atom stereocenters. The second-order valence-electron chi connectivity index (χ2n) is 11.7. The van der Waals surface area contributed by atoms with Crippen molar-refractivity contribution in [2.75, 3.05) is 21.3 Å². The van der Waals surface area contributed by atoms with Crippen molar-refractivity contribution in [2.24, 2.45) is 11.8 Å². The minimum atomic E-state index is -4.55. The van der Waals surface area contributed by atoms with E-state index >= 15 is 0 Å². The number of carbonyl (C=O) groups is 4. The molecule has 14 heteroatoms. The molecular weight excluding hydrogens is 666 g/mol. The number of anilines is 4. The summed E-state index contributed by atoms with van der Waals surface area (Å²) in [7, 11) is 0. The zero-order valence-electron chi connectivity index (χ0n) is 26.1. The van der Waals surface area contributed by atoms with Crippen molar-refractivity contribution in [2.45, 2.75) is 38.0 Å². The van der Waals surface area contributed by atoms with Crippen LogP contribution in [0.3, 0.4) is 0 Å². The third kappa shape index (κ3) is 9.27. The number of rotatable bonds is 8. The summed E-state index contributed by atoms with van der Waals surface area (Å²) in [6.45, 7) is 0. The van der Waals surface area contributed by atoms with Crippen LogP contribution in [0.1, 0.15) is 57.5 Å². The van der Waals surface area contributed by atoms with Gasteiger partial charge < -0.3 is 21.3 Å². The van der Waals surface area contributed by atoms with Crippen LogP contribution in [0.25, 0.3) is 0 Å². The molecule has 1 saturated carbocycles. The van der Waals surface area contributed by atoms with Crippen LogP contribution in [-0.4, -0.2) is 23.6 Å². The Hall–Kier alpha value is -5.66. The molecule has 0 aliphatic heterocycles. The number of benzene rings is 4. The Morgan fingerprint density at radius 2 is 0.800 bits per heavy atom. The number of nitrogens with one attached hydrogen (secondary N) is 4. The largest absolute Gasteiger partial charge is 0.416 e. The summed E-state index contributed by atoms with van der Waals surface area (Å²) < 4.78 is 77.8. The van der Waals surface area contributed by atoms with Crippen molar-refractivity contribution in [3.05, 3.63) is 119 Å². The Morgan fingerprint density at radius 1 is 0.460 bits per heavy atom. The average Bonchev–Trinajstić information content (AvgIpc) is 3.08. The van der Waals surface area contributed by atoms with E-state index in [-0.39, 0.29) is 46.2 Å². The van der Waals surface area contributed by atoms with Gasteiger partial charge in [0.1, 0.15) is 0 Å². The van der Waals surface area contributed by atoms with Gasteiger partial charge in [0.15, 0.2) is 0 Å². The molecule has 1 aliphatic carbocycles. The molecule has 1 aliphatic rings. The molecule has 5 rings (SSSR count). The van der Waals surface area contributed by atoms with Crippen LogP contribution in [-0.2, 0) is 21.9 Å². The maximum absolute atomic E-state index is 13.0. The molecule has 0 radical (unpaired) electrons. The van der Waals surface area contributed by atoms with Gasteiger partial charge in [-0.1, -0.05) is 12.1 Å². The third-order valence-corrected chi connectivity index (χ3v) is 8.19. The van der Waals surface area contributed by atoms with Gasteiger partial charge >= 0.3 is 12.4 Å². The molecule has 0 heterocycles. The van der Waals surface area contributed by atoms with Gasteiger partial charge in [-0.2, -0.15) is 26.3 Å². The molecule has 4 aromatic carbocycles. The first-order valence-electron chi connectivity index (χ1n) is 15.4. The Morgan fingerprint density at radius 3 is 1.12 bits per heavy atom. The minimum absolute atomic E-state index is 0.0102. The molecule has 0 atom stereocenters. The van der Waals surface area contributed by atoms with Crippen molar-refractivity contribution in [1.82, 2.24) is 0 Å². The zero-order valence-corrected chi connectivity index (χ0v) is 26.1. The highest BCUT2D eigenvalue weighted by atomic mass is 19.4. The second kappa shape index (κ2) is 14.8. The van der Waals surface area contributed by atoms with E-state index in [9.17, 15) is 45.5 Å². The summed E-state index contributed by atoms with van der Waals surface area (Å²) in [6.07, 6.45) is -7.28. The lowest BCUT2D eigenvalue weighted by molar-refractivity contribution is -0.138. The van der Waals surface area contributed by atoms with Crippen LogP contribution in [0, 0.1) is 11.8 Å². The predicted octanol–water partition coefficient (Wildman–Crippen LogP) is 8.61. The van der Waals surface area contributed by atoms with Gasteiger partial charge in [0.25, 0.3) is 11.8 Å². The van der Waals surface area contributed by atoms with Crippen LogP contribution in [0.5, 0.6) is 0 Å². The van der Waals surface area contributed by atoms with Crippen molar-refractivity contribution in [3.8, 4) is 0 Å². The number of hydrogen-bond donors (Lipinski definition) is 4. The smallest absolute Gasteiger partial charge is 0.326 e. The SMILES string of the molecule is O=C(Nc1cccc(C(F)(F)F)c1)c1ccc(NC(=O)C2CCC(C(=O)Nc3ccc(C(=O)Nc4cccc(C(F)(F)F)c4)cc3)CC2)cc1. The third-order valence-electron chi connectivity index (χ3n) is 8.19. The number of alkyl halides is 6. The molecule has 8 nitrogen and oxygen atoms in total. The average molecular weight is 697 g/mol. The van der Waals surface area contributed by atoms with Crippen molar-refractivity contribution >= 4 is 46.4 Å². The summed E-state index contributed by atoms with van der Waals surface area (Å²) >= 11 is 0. The molecule has 260 valence electrons. The summed E-state index contributed by atoms with van der Waals surface area (Å²) in [5.41, 5.74) is -0.581. The van der Waals surface area contributed by atoms with Crippen LogP contribution in [0.15, 0.2) is 97.1 Å². The lowest BCUT2D eigenvalue weighted by atomic mass is 9.81. The van der Waals surface area contributed by atoms with Gasteiger partial charge in [0.05, 0.1) is 11.1 Å². The Bertz CT molecular complexity index is 1730. The van der Waals surface area contributed by atoms with Crippen molar-refractivity contribution in [3.63, 3.8) is 0 Å². The van der Waals surface area contributed by atoms with Gasteiger partial charge in [0, 0.05) is 45.7 Å². The van der Waals surface area contributed by atoms with Gasteiger partial charge in [-0.15, -0.1) is 0 Å². The topological polar surface area (TPSA) is 116 Å². The van der Waals surface area contributed by atoms with Crippen LogP contribution >= 0.6 is 0 Å². The Balaban J connectivity index is 1.06. The zero-order chi connectivity index (χ0) is 36.1. The second-order valence-corrected chi connectivity index (χ2v) is 11.7. The lowest BCUT2D eigenvalue weighted by Gasteiger charge is -2.27. The number of halogens is 6. The standard InChI is InChI=1S/C36H30F6N4O4/c37-35(38,39)25-3-1-5-29(19-25)45-33(49)23-11-15-27(16-12-23)43-31(47)21-7-9-22(10-8-21)32(48)44-28-17-13-24(14-18-28)34(50)46-30-6-2-4-26(20-30)36(40,41)42/h1-6,11-22H,7-10H2,(H,43,47)(H,44,48)(H,45,49)(H,46,50). The summed E-state index contributed by atoms with van der Waals surface area (Å²) in [4.78, 5) is 50.9. The highest BCUT2D eigenvalue weighted by Gasteiger charge is 2.32. The van der Waals surface area contributed by atoms with E-state index in [4.69, 9.17) is 0 Å². The molecule has 0 spiro atoms. The van der Waals surface area contributed by atoms with Crippen LogP contribution < -0.4 is 21.3 Å². The molecule has 4 amide bonds. The molecule has 1 fully saturated rings. The molecule has 0 bridgehead atoms. The van der Waals surface area contributed by atoms with E-state index in [1.54, 1.807) is 0 Å².